The van der Waals surface area contributed by atoms with Gasteiger partial charge in [-0.1, -0.05) is 0 Å². The zero-order valence-corrected chi connectivity index (χ0v) is 13.2. The lowest BCUT2D eigenvalue weighted by Gasteiger charge is -2.32. The van der Waals surface area contributed by atoms with Gasteiger partial charge in [-0.05, 0) is 44.0 Å². The van der Waals surface area contributed by atoms with E-state index in [-0.39, 0.29) is 12.5 Å². The Hall–Kier alpha value is -2.50. The maximum atomic E-state index is 12.8. The summed E-state index contributed by atoms with van der Waals surface area (Å²) >= 11 is 0. The predicted octanol–water partition coefficient (Wildman–Crippen LogP) is 1.94. The summed E-state index contributed by atoms with van der Waals surface area (Å²) in [6, 6.07) is 5.38. The second-order valence-electron chi connectivity index (χ2n) is 6.00. The third kappa shape index (κ3) is 2.54. The first kappa shape index (κ1) is 15.4. The van der Waals surface area contributed by atoms with Crippen LogP contribution in [0.5, 0.6) is 11.5 Å². The van der Waals surface area contributed by atoms with Crippen molar-refractivity contribution >= 4 is 18.0 Å². The molecule has 1 fully saturated rings. The number of aliphatic carboxylic acids is 1. The number of methoxy groups -OCH3 is 1. The van der Waals surface area contributed by atoms with Crippen LogP contribution in [0, 0.1) is 0 Å². The lowest BCUT2D eigenvalue weighted by molar-refractivity contribution is -0.154. The predicted molar refractivity (Wildman–Crippen MR) is 83.5 cm³/mol. The molecule has 0 bridgehead atoms. The van der Waals surface area contributed by atoms with Crippen LogP contribution in [0.15, 0.2) is 23.8 Å². The maximum absolute atomic E-state index is 12.8. The van der Waals surface area contributed by atoms with Crippen LogP contribution in [0.3, 0.4) is 0 Å². The second-order valence-corrected chi connectivity index (χ2v) is 6.00. The summed E-state index contributed by atoms with van der Waals surface area (Å²) in [5.41, 5.74) is 0.0716. The van der Waals surface area contributed by atoms with Crippen LogP contribution in [0.1, 0.15) is 25.3 Å². The Morgan fingerprint density at radius 3 is 2.87 bits per heavy atom. The van der Waals surface area contributed by atoms with Gasteiger partial charge in [-0.15, -0.1) is 0 Å². The van der Waals surface area contributed by atoms with Gasteiger partial charge in [-0.3, -0.25) is 4.79 Å². The van der Waals surface area contributed by atoms with Gasteiger partial charge >= 0.3 is 5.97 Å². The van der Waals surface area contributed by atoms with Crippen LogP contribution in [0.25, 0.3) is 6.08 Å². The molecule has 2 heterocycles. The molecule has 6 nitrogen and oxygen atoms in total. The highest BCUT2D eigenvalue weighted by molar-refractivity contribution is 6.02. The molecular weight excluding hydrogens is 298 g/mol. The third-order valence-electron chi connectivity index (χ3n) is 4.55. The lowest BCUT2D eigenvalue weighted by Crippen LogP contribution is -2.51. The number of fused-ring (bicyclic) bond motifs is 1. The summed E-state index contributed by atoms with van der Waals surface area (Å²) in [7, 11) is 1.57. The molecule has 0 aliphatic carbocycles. The number of carboxylic acid groups (broad SMARTS) is 1. The standard InChI is InChI=1S/C17H19NO5/c1-17(16(20)21)6-3-7-18(17)15(19)12-8-11-9-13(22-2)4-5-14(11)23-10-12/h4-5,8-9H,3,6-7,10H2,1-2H3,(H,20,21). The van der Waals surface area contributed by atoms with Crippen LogP contribution in [0.4, 0.5) is 0 Å². The molecule has 3 rings (SSSR count). The van der Waals surface area contributed by atoms with Gasteiger partial charge in [0.1, 0.15) is 23.6 Å². The van der Waals surface area contributed by atoms with Crippen molar-refractivity contribution in [1.82, 2.24) is 4.90 Å². The number of carboxylic acids is 1. The molecule has 1 atom stereocenters. The average Bonchev–Trinajstić information content (AvgIpc) is 2.96. The number of nitrogens with zero attached hydrogens (tertiary/aromatic N) is 1. The number of likely N-dealkylation sites (tertiary alicyclic amines) is 1. The van der Waals surface area contributed by atoms with E-state index < -0.39 is 11.5 Å². The highest BCUT2D eigenvalue weighted by Gasteiger charge is 2.46. The molecule has 1 amide bonds. The molecule has 2 aliphatic heterocycles. The van der Waals surface area contributed by atoms with Crippen LogP contribution < -0.4 is 9.47 Å². The van der Waals surface area contributed by atoms with E-state index in [9.17, 15) is 14.7 Å². The number of amides is 1. The van der Waals surface area contributed by atoms with E-state index in [1.807, 2.05) is 0 Å². The summed E-state index contributed by atoms with van der Waals surface area (Å²) in [6.45, 7) is 2.19. The number of rotatable bonds is 3. The van der Waals surface area contributed by atoms with Crippen molar-refractivity contribution in [2.24, 2.45) is 0 Å². The van der Waals surface area contributed by atoms with Gasteiger partial charge in [0.25, 0.3) is 5.91 Å². The van der Waals surface area contributed by atoms with E-state index in [1.165, 1.54) is 4.90 Å². The fourth-order valence-electron chi connectivity index (χ4n) is 3.09. The first-order valence-electron chi connectivity index (χ1n) is 7.52. The van der Waals surface area contributed by atoms with Gasteiger partial charge in [0.05, 0.1) is 12.7 Å². The van der Waals surface area contributed by atoms with E-state index >= 15 is 0 Å². The first-order chi connectivity index (χ1) is 11.0. The highest BCUT2D eigenvalue weighted by Crippen LogP contribution is 2.34. The summed E-state index contributed by atoms with van der Waals surface area (Å²) in [6.07, 6.45) is 2.91. The SMILES string of the molecule is COc1ccc2c(c1)C=C(C(=O)N1CCCC1(C)C(=O)O)CO2. The number of ether oxygens (including phenoxy) is 2. The molecule has 1 unspecified atom stereocenters. The normalized spacial score (nSPS) is 22.9. The summed E-state index contributed by atoms with van der Waals surface area (Å²) in [5.74, 6) is 0.113. The van der Waals surface area contributed by atoms with E-state index in [2.05, 4.69) is 0 Å². The highest BCUT2D eigenvalue weighted by atomic mass is 16.5. The van der Waals surface area contributed by atoms with Crippen molar-refractivity contribution in [3.05, 3.63) is 29.3 Å². The van der Waals surface area contributed by atoms with Crippen molar-refractivity contribution in [3.8, 4) is 11.5 Å². The summed E-state index contributed by atoms with van der Waals surface area (Å²) in [5, 5.41) is 9.46. The number of carbonyl (C=O) groups excluding carboxylic acids is 1. The molecule has 1 saturated heterocycles. The van der Waals surface area contributed by atoms with Crippen molar-refractivity contribution < 1.29 is 24.2 Å². The monoisotopic (exact) mass is 317 g/mol. The van der Waals surface area contributed by atoms with Crippen LogP contribution in [0.2, 0.25) is 0 Å². The smallest absolute Gasteiger partial charge is 0.329 e. The second kappa shape index (κ2) is 5.61. The Labute approximate surface area is 134 Å². The van der Waals surface area contributed by atoms with E-state index in [0.717, 1.165) is 5.56 Å². The maximum Gasteiger partial charge on any atom is 0.329 e. The summed E-state index contributed by atoms with van der Waals surface area (Å²) < 4.78 is 10.8. The Balaban J connectivity index is 1.91. The molecule has 1 N–H and O–H groups in total. The largest absolute Gasteiger partial charge is 0.497 e. The lowest BCUT2D eigenvalue weighted by atomic mass is 9.98. The molecule has 122 valence electrons. The minimum Gasteiger partial charge on any atom is -0.497 e. The van der Waals surface area contributed by atoms with E-state index in [4.69, 9.17) is 9.47 Å². The third-order valence-corrected chi connectivity index (χ3v) is 4.55. The van der Waals surface area contributed by atoms with Crippen molar-refractivity contribution in [1.29, 1.82) is 0 Å². The number of carbonyl (C=O) groups is 2. The fraction of sp³-hybridized carbons (Fsp3) is 0.412. The van der Waals surface area contributed by atoms with Gasteiger partial charge in [0.2, 0.25) is 0 Å². The van der Waals surface area contributed by atoms with Gasteiger partial charge in [-0.25, -0.2) is 4.79 Å². The molecule has 2 aliphatic rings. The van der Waals surface area contributed by atoms with Crippen LogP contribution in [-0.4, -0.2) is 47.7 Å². The Kier molecular flexibility index (Phi) is 3.75. The Morgan fingerprint density at radius 1 is 1.39 bits per heavy atom. The molecule has 0 saturated carbocycles. The van der Waals surface area contributed by atoms with E-state index in [1.54, 1.807) is 38.3 Å². The van der Waals surface area contributed by atoms with Gasteiger partial charge in [0, 0.05) is 12.1 Å². The number of benzene rings is 1. The molecule has 0 radical (unpaired) electrons. The minimum absolute atomic E-state index is 0.143. The summed E-state index contributed by atoms with van der Waals surface area (Å²) in [4.78, 5) is 25.7. The molecule has 23 heavy (non-hydrogen) atoms. The Bertz CT molecular complexity index is 696. The van der Waals surface area contributed by atoms with Crippen LogP contribution in [-0.2, 0) is 9.59 Å². The number of hydrogen-bond donors (Lipinski definition) is 1. The fourth-order valence-corrected chi connectivity index (χ4v) is 3.09. The van der Waals surface area contributed by atoms with Gasteiger partial charge in [-0.2, -0.15) is 0 Å². The quantitative estimate of drug-likeness (QED) is 0.922. The van der Waals surface area contributed by atoms with Crippen molar-refractivity contribution in [3.63, 3.8) is 0 Å². The molecule has 0 spiro atoms. The molecule has 1 aromatic rings. The minimum atomic E-state index is -1.15. The van der Waals surface area contributed by atoms with Gasteiger partial charge < -0.3 is 19.5 Å². The van der Waals surface area contributed by atoms with Crippen molar-refractivity contribution in [2.75, 3.05) is 20.3 Å². The van der Waals surface area contributed by atoms with E-state index in [0.29, 0.717) is 36.5 Å². The topological polar surface area (TPSA) is 76.1 Å². The molecular formula is C17H19NO5. The zero-order valence-electron chi connectivity index (χ0n) is 13.2. The Morgan fingerprint density at radius 2 is 2.17 bits per heavy atom. The van der Waals surface area contributed by atoms with Crippen LogP contribution >= 0.6 is 0 Å². The molecule has 1 aromatic carbocycles. The van der Waals surface area contributed by atoms with Gasteiger partial charge in [0.15, 0.2) is 0 Å². The molecule has 6 heteroatoms. The van der Waals surface area contributed by atoms with Crippen molar-refractivity contribution in [2.45, 2.75) is 25.3 Å². The zero-order chi connectivity index (χ0) is 16.6. The molecule has 0 aromatic heterocycles. The number of hydrogen-bond acceptors (Lipinski definition) is 4. The first-order valence-corrected chi connectivity index (χ1v) is 7.52. The average molecular weight is 317 g/mol.